The molecule has 0 rings (SSSR count). The van der Waals surface area contributed by atoms with Crippen LogP contribution in [0.5, 0.6) is 0 Å². The predicted octanol–water partition coefficient (Wildman–Crippen LogP) is -3.26. The van der Waals surface area contributed by atoms with Crippen LogP contribution in [0.1, 0.15) is 6.42 Å². The zero-order valence-electron chi connectivity index (χ0n) is 4.39. The van der Waals surface area contributed by atoms with E-state index in [0.717, 1.165) is 0 Å². The summed E-state index contributed by atoms with van der Waals surface area (Å²) in [5, 5.41) is 15.8. The molecule has 6 N–H and O–H groups in total. The van der Waals surface area contributed by atoms with Crippen molar-refractivity contribution in [3.8, 4) is 0 Å². The number of hydrogen-bond donors (Lipinski definition) is 3. The Balaban J connectivity index is -0.0000000800. The van der Waals surface area contributed by atoms with Gasteiger partial charge in [-0.1, -0.05) is 0 Å². The summed E-state index contributed by atoms with van der Waals surface area (Å²) in [6, 6.07) is 0. The summed E-state index contributed by atoms with van der Waals surface area (Å²) in [7, 11) is 0. The van der Waals surface area contributed by atoms with Crippen molar-refractivity contribution in [3.05, 3.63) is 0 Å². The first-order chi connectivity index (χ1) is 2.41. The van der Waals surface area contributed by atoms with Gasteiger partial charge < -0.3 is 28.8 Å². The van der Waals surface area contributed by atoms with Gasteiger partial charge in [0.25, 0.3) is 0 Å². The van der Waals surface area contributed by atoms with E-state index in [9.17, 15) is 0 Å². The van der Waals surface area contributed by atoms with Gasteiger partial charge in [-0.05, 0) is 6.42 Å². The summed E-state index contributed by atoms with van der Waals surface area (Å²) < 4.78 is 0. The van der Waals surface area contributed by atoms with Gasteiger partial charge in [0.15, 0.2) is 0 Å². The summed E-state index contributed by atoms with van der Waals surface area (Å²) in [6.45, 7) is 0.188. The standard InChI is InChI=1S/C3H8O2.ClH.H3N/c4-2-1-3-5;;/h4-5H,1-3H2;1H;1H3. The molecule has 0 aliphatic rings. The fourth-order valence-corrected chi connectivity index (χ4v) is 0.0707. The first kappa shape index (κ1) is 15.7. The minimum absolute atomic E-state index is 0. The van der Waals surface area contributed by atoms with Crippen molar-refractivity contribution in [1.29, 1.82) is 0 Å². The van der Waals surface area contributed by atoms with Crippen LogP contribution in [-0.4, -0.2) is 23.4 Å². The monoisotopic (exact) mass is 129 g/mol. The predicted molar refractivity (Wildman–Crippen MR) is 24.8 cm³/mol. The Hall–Kier alpha value is 0.170. The Morgan fingerprint density at radius 1 is 1.00 bits per heavy atom. The van der Waals surface area contributed by atoms with Crippen LogP contribution in [0.2, 0.25) is 0 Å². The van der Waals surface area contributed by atoms with Gasteiger partial charge in [-0.15, -0.1) is 0 Å². The van der Waals surface area contributed by atoms with Gasteiger partial charge >= 0.3 is 0 Å². The quantitative estimate of drug-likeness (QED) is 0.366. The number of halogens is 1. The van der Waals surface area contributed by atoms with E-state index in [-0.39, 0.29) is 31.8 Å². The van der Waals surface area contributed by atoms with Crippen LogP contribution in [0.3, 0.4) is 0 Å². The maximum absolute atomic E-state index is 7.91. The van der Waals surface area contributed by atoms with Crippen LogP contribution in [-0.2, 0) is 0 Å². The molecule has 0 fully saturated rings. The minimum Gasteiger partial charge on any atom is -1.00 e. The molecule has 0 saturated carbocycles. The van der Waals surface area contributed by atoms with Crippen LogP contribution in [0, 0.1) is 0 Å². The molecule has 0 aliphatic heterocycles. The van der Waals surface area contributed by atoms with Crippen molar-refractivity contribution in [2.24, 2.45) is 0 Å². The maximum atomic E-state index is 7.91. The fourth-order valence-electron chi connectivity index (χ4n) is 0.0707. The summed E-state index contributed by atoms with van der Waals surface area (Å²) in [6.07, 6.45) is 0.500. The third-order valence-electron chi connectivity index (χ3n) is 0.316. The van der Waals surface area contributed by atoms with Crippen molar-refractivity contribution < 1.29 is 22.6 Å². The molecule has 0 bridgehead atoms. The normalized spacial score (nSPS) is 6.00. The lowest BCUT2D eigenvalue weighted by Crippen LogP contribution is -3.00. The highest BCUT2D eigenvalue weighted by Gasteiger charge is 1.70. The van der Waals surface area contributed by atoms with Crippen LogP contribution < -0.4 is 18.6 Å². The molecule has 0 atom stereocenters. The molecule has 0 amide bonds. The molecule has 0 aromatic heterocycles. The lowest BCUT2D eigenvalue weighted by molar-refractivity contribution is -0.00000430. The first-order valence-electron chi connectivity index (χ1n) is 1.63. The minimum atomic E-state index is 0. The number of hydrogen-bond acceptors (Lipinski definition) is 2. The molecule has 0 radical (unpaired) electrons. The third kappa shape index (κ3) is 22.8. The van der Waals surface area contributed by atoms with Gasteiger partial charge in [0, 0.05) is 13.2 Å². The first-order valence-corrected chi connectivity index (χ1v) is 1.63. The van der Waals surface area contributed by atoms with Gasteiger partial charge in [-0.3, -0.25) is 0 Å². The van der Waals surface area contributed by atoms with Gasteiger partial charge in [0.05, 0.1) is 0 Å². The Bertz CT molecular complexity index is 20.4. The summed E-state index contributed by atoms with van der Waals surface area (Å²) in [5.41, 5.74) is 0. The molecular formula is C3H12ClNO2. The van der Waals surface area contributed by atoms with E-state index < -0.39 is 0 Å². The van der Waals surface area contributed by atoms with E-state index in [1.807, 2.05) is 0 Å². The van der Waals surface area contributed by atoms with E-state index in [1.165, 1.54) is 0 Å². The second-order valence-electron chi connectivity index (χ2n) is 0.801. The Labute approximate surface area is 49.3 Å². The average molecular weight is 130 g/mol. The maximum Gasteiger partial charge on any atom is 0.0452 e. The lowest BCUT2D eigenvalue weighted by Gasteiger charge is -1.79. The largest absolute Gasteiger partial charge is 1.00 e. The van der Waals surface area contributed by atoms with Crippen molar-refractivity contribution >= 4 is 0 Å². The molecule has 0 heterocycles. The van der Waals surface area contributed by atoms with Crippen molar-refractivity contribution in [2.45, 2.75) is 6.42 Å². The molecule has 4 heteroatoms. The van der Waals surface area contributed by atoms with Gasteiger partial charge in [0.1, 0.15) is 0 Å². The molecule has 48 valence electrons. The molecule has 0 aromatic carbocycles. The number of quaternary nitrogens is 1. The fraction of sp³-hybridized carbons (Fsp3) is 1.00. The third-order valence-corrected chi connectivity index (χ3v) is 0.316. The second-order valence-corrected chi connectivity index (χ2v) is 0.801. The molecule has 0 unspecified atom stereocenters. The highest BCUT2D eigenvalue weighted by atomic mass is 35.5. The summed E-state index contributed by atoms with van der Waals surface area (Å²) in [5.74, 6) is 0. The number of aliphatic hydroxyl groups excluding tert-OH is 2. The molecular weight excluding hydrogens is 117 g/mol. The zero-order chi connectivity index (χ0) is 4.12. The smallest absolute Gasteiger partial charge is 0.0452 e. The number of aliphatic hydroxyl groups is 2. The summed E-state index contributed by atoms with van der Waals surface area (Å²) >= 11 is 0. The SMILES string of the molecule is OCCCO.[Cl-].[NH4+]. The van der Waals surface area contributed by atoms with Crippen LogP contribution >= 0.6 is 0 Å². The van der Waals surface area contributed by atoms with Crippen LogP contribution in [0.4, 0.5) is 0 Å². The Morgan fingerprint density at radius 3 is 1.29 bits per heavy atom. The topological polar surface area (TPSA) is 77.0 Å². The van der Waals surface area contributed by atoms with E-state index in [0.29, 0.717) is 6.42 Å². The van der Waals surface area contributed by atoms with Gasteiger partial charge in [0.2, 0.25) is 0 Å². The van der Waals surface area contributed by atoms with Crippen molar-refractivity contribution in [3.63, 3.8) is 0 Å². The molecule has 3 nitrogen and oxygen atoms in total. The second kappa shape index (κ2) is 16.4. The summed E-state index contributed by atoms with van der Waals surface area (Å²) in [4.78, 5) is 0. The van der Waals surface area contributed by atoms with Crippen LogP contribution in [0.25, 0.3) is 0 Å². The highest BCUT2D eigenvalue weighted by Crippen LogP contribution is 1.65. The van der Waals surface area contributed by atoms with Gasteiger partial charge in [-0.25, -0.2) is 0 Å². The van der Waals surface area contributed by atoms with E-state index in [4.69, 9.17) is 10.2 Å². The number of rotatable bonds is 2. The zero-order valence-corrected chi connectivity index (χ0v) is 5.15. The van der Waals surface area contributed by atoms with Crippen molar-refractivity contribution in [1.82, 2.24) is 6.15 Å². The lowest BCUT2D eigenvalue weighted by atomic mass is 10.5. The molecule has 7 heavy (non-hydrogen) atoms. The Kier molecular flexibility index (Phi) is 36.8. The molecule has 0 aromatic rings. The van der Waals surface area contributed by atoms with E-state index in [2.05, 4.69) is 0 Å². The van der Waals surface area contributed by atoms with E-state index in [1.54, 1.807) is 0 Å². The molecule has 0 saturated heterocycles. The van der Waals surface area contributed by atoms with Gasteiger partial charge in [-0.2, -0.15) is 0 Å². The van der Waals surface area contributed by atoms with Crippen LogP contribution in [0.15, 0.2) is 0 Å². The average Bonchev–Trinajstić information content (AvgIpc) is 1.41. The molecule has 0 aliphatic carbocycles. The highest BCUT2D eigenvalue weighted by molar-refractivity contribution is 4.22. The molecule has 0 spiro atoms. The van der Waals surface area contributed by atoms with Crippen molar-refractivity contribution in [2.75, 3.05) is 13.2 Å². The van der Waals surface area contributed by atoms with E-state index >= 15 is 0 Å². The Morgan fingerprint density at radius 2 is 1.29 bits per heavy atom.